The molecule has 1 aromatic carbocycles. The molecule has 1 N–H and O–H groups in total. The summed E-state index contributed by atoms with van der Waals surface area (Å²) in [6.07, 6.45) is 1.42. The van der Waals surface area contributed by atoms with E-state index in [1.165, 1.54) is 6.20 Å². The number of aromatic carboxylic acids is 1. The van der Waals surface area contributed by atoms with E-state index in [0.717, 1.165) is 22.0 Å². The molecule has 2 rings (SSSR count). The second-order valence-electron chi connectivity index (χ2n) is 3.57. The van der Waals surface area contributed by atoms with Crippen LogP contribution in [0.3, 0.4) is 0 Å². The SMILES string of the molecule is Cc1c(C(=O)O)cnc2c(C)cccc12. The van der Waals surface area contributed by atoms with Gasteiger partial charge in [0.25, 0.3) is 0 Å². The number of carboxylic acid groups (broad SMARTS) is 1. The van der Waals surface area contributed by atoms with E-state index in [4.69, 9.17) is 5.11 Å². The second kappa shape index (κ2) is 3.35. The summed E-state index contributed by atoms with van der Waals surface area (Å²) in [4.78, 5) is 15.1. The number of fused-ring (bicyclic) bond motifs is 1. The molecule has 0 saturated heterocycles. The molecule has 15 heavy (non-hydrogen) atoms. The van der Waals surface area contributed by atoms with Crippen LogP contribution in [0.15, 0.2) is 24.4 Å². The molecule has 0 aliphatic carbocycles. The molecule has 1 heterocycles. The Morgan fingerprint density at radius 2 is 2.07 bits per heavy atom. The van der Waals surface area contributed by atoms with Crippen LogP contribution in [0, 0.1) is 13.8 Å². The average Bonchev–Trinajstić information content (AvgIpc) is 2.19. The van der Waals surface area contributed by atoms with Gasteiger partial charge in [0.05, 0.1) is 11.1 Å². The number of hydrogen-bond acceptors (Lipinski definition) is 2. The van der Waals surface area contributed by atoms with Crippen LogP contribution >= 0.6 is 0 Å². The number of carbonyl (C=O) groups is 1. The van der Waals surface area contributed by atoms with E-state index in [1.54, 1.807) is 0 Å². The molecule has 0 radical (unpaired) electrons. The number of aryl methyl sites for hydroxylation is 2. The van der Waals surface area contributed by atoms with E-state index in [2.05, 4.69) is 4.98 Å². The van der Waals surface area contributed by atoms with Crippen LogP contribution in [0.1, 0.15) is 21.5 Å². The summed E-state index contributed by atoms with van der Waals surface area (Å²) in [5.74, 6) is -0.927. The van der Waals surface area contributed by atoms with E-state index >= 15 is 0 Å². The minimum Gasteiger partial charge on any atom is -0.478 e. The summed E-state index contributed by atoms with van der Waals surface area (Å²) in [6.45, 7) is 3.78. The number of rotatable bonds is 1. The fraction of sp³-hybridized carbons (Fsp3) is 0.167. The van der Waals surface area contributed by atoms with Gasteiger partial charge in [0, 0.05) is 11.6 Å². The van der Waals surface area contributed by atoms with Crippen molar-refractivity contribution in [3.05, 3.63) is 41.1 Å². The molecule has 76 valence electrons. The van der Waals surface area contributed by atoms with Crippen molar-refractivity contribution >= 4 is 16.9 Å². The molecule has 0 bridgehead atoms. The predicted octanol–water partition coefficient (Wildman–Crippen LogP) is 2.55. The van der Waals surface area contributed by atoms with Gasteiger partial charge in [-0.2, -0.15) is 0 Å². The number of pyridine rings is 1. The molecule has 1 aromatic heterocycles. The number of aromatic nitrogens is 1. The van der Waals surface area contributed by atoms with Gasteiger partial charge < -0.3 is 5.11 Å². The first-order valence-corrected chi connectivity index (χ1v) is 4.69. The van der Waals surface area contributed by atoms with Gasteiger partial charge in [-0.05, 0) is 25.0 Å². The number of para-hydroxylation sites is 1. The lowest BCUT2D eigenvalue weighted by atomic mass is 10.0. The Hall–Kier alpha value is -1.90. The summed E-state index contributed by atoms with van der Waals surface area (Å²) in [5.41, 5.74) is 2.98. The number of benzene rings is 1. The molecular weight excluding hydrogens is 190 g/mol. The van der Waals surface area contributed by atoms with Gasteiger partial charge in [-0.1, -0.05) is 18.2 Å². The smallest absolute Gasteiger partial charge is 0.337 e. The summed E-state index contributed by atoms with van der Waals surface area (Å²) >= 11 is 0. The van der Waals surface area contributed by atoms with Crippen molar-refractivity contribution in [2.24, 2.45) is 0 Å². The van der Waals surface area contributed by atoms with Crippen LogP contribution in [0.5, 0.6) is 0 Å². The highest BCUT2D eigenvalue weighted by Crippen LogP contribution is 2.21. The van der Waals surface area contributed by atoms with Gasteiger partial charge in [-0.25, -0.2) is 4.79 Å². The predicted molar refractivity (Wildman–Crippen MR) is 58.2 cm³/mol. The van der Waals surface area contributed by atoms with E-state index in [9.17, 15) is 4.79 Å². The molecular formula is C12H11NO2. The normalized spacial score (nSPS) is 10.5. The summed E-state index contributed by atoms with van der Waals surface area (Å²) in [7, 11) is 0. The molecule has 0 aliphatic heterocycles. The number of hydrogen-bond donors (Lipinski definition) is 1. The minimum atomic E-state index is -0.927. The number of carboxylic acids is 1. The molecule has 3 heteroatoms. The molecule has 0 unspecified atom stereocenters. The van der Waals surface area contributed by atoms with Crippen LogP contribution in [0.4, 0.5) is 0 Å². The Labute approximate surface area is 87.4 Å². The highest BCUT2D eigenvalue weighted by Gasteiger charge is 2.11. The zero-order valence-corrected chi connectivity index (χ0v) is 8.61. The fourth-order valence-corrected chi connectivity index (χ4v) is 1.72. The maximum atomic E-state index is 10.9. The molecule has 0 spiro atoms. The van der Waals surface area contributed by atoms with Crippen molar-refractivity contribution in [1.29, 1.82) is 0 Å². The quantitative estimate of drug-likeness (QED) is 0.771. The summed E-state index contributed by atoms with van der Waals surface area (Å²) in [5, 5.41) is 9.87. The van der Waals surface area contributed by atoms with Crippen molar-refractivity contribution in [2.45, 2.75) is 13.8 Å². The van der Waals surface area contributed by atoms with E-state index in [0.29, 0.717) is 0 Å². The molecule has 0 amide bonds. The molecule has 3 nitrogen and oxygen atoms in total. The Bertz CT molecular complexity index is 547. The minimum absolute atomic E-state index is 0.271. The van der Waals surface area contributed by atoms with Gasteiger partial charge in [0.1, 0.15) is 0 Å². The first-order chi connectivity index (χ1) is 7.11. The Balaban J connectivity index is 2.86. The van der Waals surface area contributed by atoms with Crippen LogP contribution in [-0.4, -0.2) is 16.1 Å². The third-order valence-corrected chi connectivity index (χ3v) is 2.60. The van der Waals surface area contributed by atoms with E-state index in [1.807, 2.05) is 32.0 Å². The molecule has 0 aliphatic rings. The Morgan fingerprint density at radius 1 is 1.33 bits per heavy atom. The first kappa shape index (κ1) is 9.65. The lowest BCUT2D eigenvalue weighted by Crippen LogP contribution is -2.01. The monoisotopic (exact) mass is 201 g/mol. The van der Waals surface area contributed by atoms with Gasteiger partial charge in [-0.15, -0.1) is 0 Å². The van der Waals surface area contributed by atoms with Gasteiger partial charge in [0.2, 0.25) is 0 Å². The molecule has 0 saturated carbocycles. The Kier molecular flexibility index (Phi) is 2.15. The summed E-state index contributed by atoms with van der Waals surface area (Å²) < 4.78 is 0. The van der Waals surface area contributed by atoms with Crippen molar-refractivity contribution in [3.63, 3.8) is 0 Å². The average molecular weight is 201 g/mol. The second-order valence-corrected chi connectivity index (χ2v) is 3.57. The van der Waals surface area contributed by atoms with Crippen LogP contribution in [-0.2, 0) is 0 Å². The zero-order chi connectivity index (χ0) is 11.0. The third kappa shape index (κ3) is 1.46. The topological polar surface area (TPSA) is 50.2 Å². The largest absolute Gasteiger partial charge is 0.478 e. The molecule has 0 fully saturated rings. The molecule has 0 atom stereocenters. The third-order valence-electron chi connectivity index (χ3n) is 2.60. The van der Waals surface area contributed by atoms with Crippen molar-refractivity contribution in [2.75, 3.05) is 0 Å². The van der Waals surface area contributed by atoms with Crippen molar-refractivity contribution in [1.82, 2.24) is 4.98 Å². The van der Waals surface area contributed by atoms with Gasteiger partial charge in [0.15, 0.2) is 0 Å². The van der Waals surface area contributed by atoms with Crippen LogP contribution in [0.2, 0.25) is 0 Å². The lowest BCUT2D eigenvalue weighted by Gasteiger charge is -2.06. The fourth-order valence-electron chi connectivity index (χ4n) is 1.72. The Morgan fingerprint density at radius 3 is 2.73 bits per heavy atom. The van der Waals surface area contributed by atoms with E-state index < -0.39 is 5.97 Å². The highest BCUT2D eigenvalue weighted by atomic mass is 16.4. The summed E-state index contributed by atoms with van der Waals surface area (Å²) in [6, 6.07) is 5.78. The van der Waals surface area contributed by atoms with E-state index in [-0.39, 0.29) is 5.56 Å². The zero-order valence-electron chi connectivity index (χ0n) is 8.61. The van der Waals surface area contributed by atoms with Crippen LogP contribution in [0.25, 0.3) is 10.9 Å². The van der Waals surface area contributed by atoms with Gasteiger partial charge >= 0.3 is 5.97 Å². The van der Waals surface area contributed by atoms with Crippen molar-refractivity contribution < 1.29 is 9.90 Å². The lowest BCUT2D eigenvalue weighted by molar-refractivity contribution is 0.0696. The first-order valence-electron chi connectivity index (χ1n) is 4.69. The standard InChI is InChI=1S/C12H11NO2/c1-7-4-3-5-9-8(2)10(12(14)15)6-13-11(7)9/h3-6H,1-2H3,(H,14,15). The van der Waals surface area contributed by atoms with Gasteiger partial charge in [-0.3, -0.25) is 4.98 Å². The van der Waals surface area contributed by atoms with Crippen molar-refractivity contribution in [3.8, 4) is 0 Å². The highest BCUT2D eigenvalue weighted by molar-refractivity contribution is 5.96. The number of nitrogens with zero attached hydrogens (tertiary/aromatic N) is 1. The maximum Gasteiger partial charge on any atom is 0.337 e. The molecule has 2 aromatic rings. The van der Waals surface area contributed by atoms with Crippen LogP contribution < -0.4 is 0 Å². The maximum absolute atomic E-state index is 10.9.